The van der Waals surface area contributed by atoms with Crippen molar-refractivity contribution < 1.29 is 14.0 Å². The molecule has 0 radical (unpaired) electrons. The van der Waals surface area contributed by atoms with Crippen molar-refractivity contribution in [1.29, 1.82) is 0 Å². The number of likely N-dealkylation sites (N-methyl/N-ethyl adjacent to an activating group) is 1. The fourth-order valence-corrected chi connectivity index (χ4v) is 1.92. The molecular formula is C16H16FN3O2. The summed E-state index contributed by atoms with van der Waals surface area (Å²) in [7, 11) is 1.67. The summed E-state index contributed by atoms with van der Waals surface area (Å²) in [6.07, 6.45) is 0. The standard InChI is InChI=1S/C16H16FN3O2/c1-20(12-5-3-2-4-6-12)15(21)10-19-11-7-8-14(17)13(9-11)16(18)22/h2-9,19H,10H2,1H3,(H2,18,22). The van der Waals surface area contributed by atoms with E-state index in [4.69, 9.17) is 5.73 Å². The Morgan fingerprint density at radius 2 is 1.86 bits per heavy atom. The zero-order valence-corrected chi connectivity index (χ0v) is 12.0. The van der Waals surface area contributed by atoms with Gasteiger partial charge in [0.1, 0.15) is 5.82 Å². The average Bonchev–Trinajstić information content (AvgIpc) is 2.53. The van der Waals surface area contributed by atoms with Crippen LogP contribution < -0.4 is 16.0 Å². The van der Waals surface area contributed by atoms with Crippen molar-refractivity contribution >= 4 is 23.2 Å². The van der Waals surface area contributed by atoms with Crippen molar-refractivity contribution in [2.45, 2.75) is 0 Å². The van der Waals surface area contributed by atoms with Gasteiger partial charge in [0, 0.05) is 18.4 Å². The highest BCUT2D eigenvalue weighted by Gasteiger charge is 2.12. The number of rotatable bonds is 5. The van der Waals surface area contributed by atoms with Crippen LogP contribution in [0.25, 0.3) is 0 Å². The lowest BCUT2D eigenvalue weighted by molar-refractivity contribution is -0.116. The van der Waals surface area contributed by atoms with Gasteiger partial charge in [0.15, 0.2) is 0 Å². The van der Waals surface area contributed by atoms with E-state index in [1.54, 1.807) is 7.05 Å². The second kappa shape index (κ2) is 6.71. The van der Waals surface area contributed by atoms with Gasteiger partial charge in [-0.05, 0) is 30.3 Å². The molecule has 22 heavy (non-hydrogen) atoms. The number of halogens is 1. The van der Waals surface area contributed by atoms with E-state index in [0.29, 0.717) is 5.69 Å². The highest BCUT2D eigenvalue weighted by molar-refractivity contribution is 5.96. The summed E-state index contributed by atoms with van der Waals surface area (Å²) in [5.41, 5.74) is 6.09. The Labute approximate surface area is 127 Å². The number of primary amides is 1. The normalized spacial score (nSPS) is 10.1. The molecule has 0 saturated heterocycles. The maximum atomic E-state index is 13.4. The van der Waals surface area contributed by atoms with E-state index in [0.717, 1.165) is 11.8 Å². The quantitative estimate of drug-likeness (QED) is 0.887. The number of anilines is 2. The van der Waals surface area contributed by atoms with Crippen LogP contribution in [0.4, 0.5) is 15.8 Å². The van der Waals surface area contributed by atoms with Crippen molar-refractivity contribution in [2.75, 3.05) is 23.8 Å². The number of nitrogens with zero attached hydrogens (tertiary/aromatic N) is 1. The van der Waals surface area contributed by atoms with Gasteiger partial charge in [-0.15, -0.1) is 0 Å². The Morgan fingerprint density at radius 3 is 2.50 bits per heavy atom. The smallest absolute Gasteiger partial charge is 0.251 e. The molecule has 2 amide bonds. The lowest BCUT2D eigenvalue weighted by Crippen LogP contribution is -2.32. The minimum atomic E-state index is -0.853. The fraction of sp³-hybridized carbons (Fsp3) is 0.125. The highest BCUT2D eigenvalue weighted by Crippen LogP contribution is 2.15. The lowest BCUT2D eigenvalue weighted by Gasteiger charge is -2.18. The predicted molar refractivity (Wildman–Crippen MR) is 83.3 cm³/mol. The van der Waals surface area contributed by atoms with Crippen LogP contribution in [0.3, 0.4) is 0 Å². The molecule has 0 aliphatic carbocycles. The molecule has 6 heteroatoms. The van der Waals surface area contributed by atoms with Crippen molar-refractivity contribution in [2.24, 2.45) is 5.73 Å². The van der Waals surface area contributed by atoms with Crippen LogP contribution >= 0.6 is 0 Å². The monoisotopic (exact) mass is 301 g/mol. The van der Waals surface area contributed by atoms with Gasteiger partial charge in [-0.1, -0.05) is 18.2 Å². The maximum absolute atomic E-state index is 13.4. The van der Waals surface area contributed by atoms with Crippen LogP contribution in [0, 0.1) is 5.82 Å². The second-order valence-corrected chi connectivity index (χ2v) is 4.70. The largest absolute Gasteiger partial charge is 0.376 e. The van der Waals surface area contributed by atoms with E-state index in [1.807, 2.05) is 30.3 Å². The molecule has 0 aliphatic heterocycles. The van der Waals surface area contributed by atoms with E-state index in [1.165, 1.54) is 17.0 Å². The van der Waals surface area contributed by atoms with E-state index >= 15 is 0 Å². The van der Waals surface area contributed by atoms with E-state index < -0.39 is 11.7 Å². The molecule has 2 aromatic rings. The van der Waals surface area contributed by atoms with E-state index in [2.05, 4.69) is 5.32 Å². The molecule has 2 aromatic carbocycles. The maximum Gasteiger partial charge on any atom is 0.251 e. The zero-order valence-electron chi connectivity index (χ0n) is 12.0. The topological polar surface area (TPSA) is 75.4 Å². The summed E-state index contributed by atoms with van der Waals surface area (Å²) >= 11 is 0. The number of carbonyl (C=O) groups is 2. The number of hydrogen-bond donors (Lipinski definition) is 2. The molecule has 0 unspecified atom stereocenters. The van der Waals surface area contributed by atoms with Crippen LogP contribution in [0.2, 0.25) is 0 Å². The first-order valence-electron chi connectivity index (χ1n) is 6.64. The van der Waals surface area contributed by atoms with E-state index in [-0.39, 0.29) is 18.0 Å². The number of amides is 2. The van der Waals surface area contributed by atoms with Crippen LogP contribution in [0.5, 0.6) is 0 Å². The van der Waals surface area contributed by atoms with Gasteiger partial charge in [0.05, 0.1) is 12.1 Å². The summed E-state index contributed by atoms with van der Waals surface area (Å²) in [5, 5.41) is 2.85. The van der Waals surface area contributed by atoms with Gasteiger partial charge >= 0.3 is 0 Å². The number of nitrogens with two attached hydrogens (primary N) is 1. The van der Waals surface area contributed by atoms with Gasteiger partial charge in [-0.2, -0.15) is 0 Å². The first-order valence-corrected chi connectivity index (χ1v) is 6.64. The molecule has 5 nitrogen and oxygen atoms in total. The minimum absolute atomic E-state index is 0.00916. The summed E-state index contributed by atoms with van der Waals surface area (Å²) in [6, 6.07) is 13.0. The van der Waals surface area contributed by atoms with Crippen LogP contribution in [-0.2, 0) is 4.79 Å². The fourth-order valence-electron chi connectivity index (χ4n) is 1.92. The van der Waals surface area contributed by atoms with Gasteiger partial charge in [0.25, 0.3) is 5.91 Å². The van der Waals surface area contributed by atoms with Gasteiger partial charge in [0.2, 0.25) is 5.91 Å². The SMILES string of the molecule is CN(C(=O)CNc1ccc(F)c(C(N)=O)c1)c1ccccc1. The number of benzene rings is 2. The molecule has 0 spiro atoms. The van der Waals surface area contributed by atoms with Crippen molar-refractivity contribution in [3.63, 3.8) is 0 Å². The Bertz CT molecular complexity index is 689. The molecule has 114 valence electrons. The third-order valence-electron chi connectivity index (χ3n) is 3.19. The van der Waals surface area contributed by atoms with Gasteiger partial charge in [-0.25, -0.2) is 4.39 Å². The Hall–Kier alpha value is -2.89. The molecular weight excluding hydrogens is 285 g/mol. The highest BCUT2D eigenvalue weighted by atomic mass is 19.1. The molecule has 0 bridgehead atoms. The second-order valence-electron chi connectivity index (χ2n) is 4.70. The molecule has 0 fully saturated rings. The molecule has 3 N–H and O–H groups in total. The molecule has 2 rings (SSSR count). The number of hydrogen-bond acceptors (Lipinski definition) is 3. The number of para-hydroxylation sites is 1. The third-order valence-corrected chi connectivity index (χ3v) is 3.19. The van der Waals surface area contributed by atoms with Crippen LogP contribution in [0.15, 0.2) is 48.5 Å². The summed E-state index contributed by atoms with van der Waals surface area (Å²) in [6.45, 7) is 0.00916. The average molecular weight is 301 g/mol. The van der Waals surface area contributed by atoms with E-state index in [9.17, 15) is 14.0 Å². The lowest BCUT2D eigenvalue weighted by atomic mass is 10.2. The molecule has 0 heterocycles. The van der Waals surface area contributed by atoms with Crippen LogP contribution in [0.1, 0.15) is 10.4 Å². The summed E-state index contributed by atoms with van der Waals surface area (Å²) < 4.78 is 13.4. The minimum Gasteiger partial charge on any atom is -0.376 e. The Morgan fingerprint density at radius 1 is 1.18 bits per heavy atom. The van der Waals surface area contributed by atoms with Crippen molar-refractivity contribution in [3.8, 4) is 0 Å². The van der Waals surface area contributed by atoms with Crippen molar-refractivity contribution in [1.82, 2.24) is 0 Å². The number of carbonyl (C=O) groups excluding carboxylic acids is 2. The molecule has 0 aromatic heterocycles. The molecule has 0 saturated carbocycles. The van der Waals surface area contributed by atoms with Gasteiger partial charge in [-0.3, -0.25) is 9.59 Å². The molecule has 0 aliphatic rings. The van der Waals surface area contributed by atoms with Gasteiger partial charge < -0.3 is 16.0 Å². The van der Waals surface area contributed by atoms with Crippen LogP contribution in [-0.4, -0.2) is 25.4 Å². The third kappa shape index (κ3) is 3.60. The molecule has 0 atom stereocenters. The summed E-state index contributed by atoms with van der Waals surface area (Å²) in [4.78, 5) is 24.7. The summed E-state index contributed by atoms with van der Waals surface area (Å²) in [5.74, 6) is -1.71. The first kappa shape index (κ1) is 15.5. The Kier molecular flexibility index (Phi) is 4.73. The predicted octanol–water partition coefficient (Wildman–Crippen LogP) is 2.00. The van der Waals surface area contributed by atoms with Crippen molar-refractivity contribution in [3.05, 3.63) is 59.9 Å². The Balaban J connectivity index is 2.02. The first-order chi connectivity index (χ1) is 10.5. The zero-order chi connectivity index (χ0) is 16.1. The number of nitrogens with one attached hydrogen (secondary N) is 1.